The number of nitrogens with one attached hydrogen (secondary N) is 2. The van der Waals surface area contributed by atoms with E-state index in [1.54, 1.807) is 0 Å². The molecule has 1 aromatic rings. The van der Waals surface area contributed by atoms with E-state index in [2.05, 4.69) is 16.7 Å². The zero-order valence-electron chi connectivity index (χ0n) is 6.23. The SMILES string of the molecule is CNc1[c]ccc(NC)c1. The molecular weight excluding hydrogens is 124 g/mol. The lowest BCUT2D eigenvalue weighted by Crippen LogP contribution is -1.91. The molecule has 2 heteroatoms. The minimum Gasteiger partial charge on any atom is -0.388 e. The Morgan fingerprint density at radius 3 is 2.70 bits per heavy atom. The van der Waals surface area contributed by atoms with Crippen LogP contribution in [0, 0.1) is 6.07 Å². The number of anilines is 2. The van der Waals surface area contributed by atoms with E-state index >= 15 is 0 Å². The molecule has 0 saturated heterocycles. The normalized spacial score (nSPS) is 9.00. The fourth-order valence-electron chi connectivity index (χ4n) is 0.766. The summed E-state index contributed by atoms with van der Waals surface area (Å²) in [6.45, 7) is 0. The first-order chi connectivity index (χ1) is 4.86. The summed E-state index contributed by atoms with van der Waals surface area (Å²) < 4.78 is 0. The molecule has 0 aromatic heterocycles. The van der Waals surface area contributed by atoms with Crippen LogP contribution in [0.3, 0.4) is 0 Å². The molecular formula is C8H11N2. The molecule has 0 unspecified atom stereocenters. The van der Waals surface area contributed by atoms with E-state index in [4.69, 9.17) is 0 Å². The van der Waals surface area contributed by atoms with E-state index in [1.165, 1.54) is 0 Å². The van der Waals surface area contributed by atoms with E-state index in [9.17, 15) is 0 Å². The van der Waals surface area contributed by atoms with Crippen LogP contribution < -0.4 is 10.6 Å². The van der Waals surface area contributed by atoms with Gasteiger partial charge in [-0.15, -0.1) is 0 Å². The third-order valence-electron chi connectivity index (χ3n) is 1.36. The van der Waals surface area contributed by atoms with Crippen molar-refractivity contribution in [1.29, 1.82) is 0 Å². The van der Waals surface area contributed by atoms with Gasteiger partial charge in [0.2, 0.25) is 0 Å². The second-order valence-corrected chi connectivity index (χ2v) is 1.99. The Morgan fingerprint density at radius 2 is 2.10 bits per heavy atom. The van der Waals surface area contributed by atoms with Gasteiger partial charge in [-0.05, 0) is 12.1 Å². The molecule has 0 aliphatic rings. The van der Waals surface area contributed by atoms with E-state index in [1.807, 2.05) is 32.3 Å². The molecule has 1 rings (SSSR count). The third-order valence-corrected chi connectivity index (χ3v) is 1.36. The lowest BCUT2D eigenvalue weighted by atomic mass is 10.3. The number of rotatable bonds is 2. The smallest absolute Gasteiger partial charge is 0.0438 e. The topological polar surface area (TPSA) is 24.1 Å². The second-order valence-electron chi connectivity index (χ2n) is 1.99. The zero-order chi connectivity index (χ0) is 7.40. The highest BCUT2D eigenvalue weighted by Crippen LogP contribution is 2.12. The van der Waals surface area contributed by atoms with Gasteiger partial charge in [0.25, 0.3) is 0 Å². The van der Waals surface area contributed by atoms with Crippen LogP contribution in [0.25, 0.3) is 0 Å². The molecule has 1 aromatic carbocycles. The van der Waals surface area contributed by atoms with E-state index in [0.29, 0.717) is 0 Å². The zero-order valence-corrected chi connectivity index (χ0v) is 6.23. The highest BCUT2D eigenvalue weighted by atomic mass is 14.8. The van der Waals surface area contributed by atoms with Crippen molar-refractivity contribution in [3.05, 3.63) is 24.3 Å². The molecule has 0 heterocycles. The molecule has 0 fully saturated rings. The van der Waals surface area contributed by atoms with Crippen molar-refractivity contribution >= 4 is 11.4 Å². The summed E-state index contributed by atoms with van der Waals surface area (Å²) in [6, 6.07) is 8.90. The molecule has 0 spiro atoms. The number of benzene rings is 1. The van der Waals surface area contributed by atoms with E-state index < -0.39 is 0 Å². The average Bonchev–Trinajstić information content (AvgIpc) is 2.05. The van der Waals surface area contributed by atoms with Gasteiger partial charge in [-0.25, -0.2) is 0 Å². The highest BCUT2D eigenvalue weighted by molar-refractivity contribution is 5.55. The van der Waals surface area contributed by atoms with Crippen LogP contribution >= 0.6 is 0 Å². The predicted octanol–water partition coefficient (Wildman–Crippen LogP) is 1.57. The largest absolute Gasteiger partial charge is 0.388 e. The van der Waals surface area contributed by atoms with E-state index in [-0.39, 0.29) is 0 Å². The van der Waals surface area contributed by atoms with Crippen LogP contribution in [0.2, 0.25) is 0 Å². The van der Waals surface area contributed by atoms with Crippen molar-refractivity contribution < 1.29 is 0 Å². The first-order valence-corrected chi connectivity index (χ1v) is 3.24. The van der Waals surface area contributed by atoms with Gasteiger partial charge in [0.1, 0.15) is 0 Å². The molecule has 10 heavy (non-hydrogen) atoms. The maximum atomic E-state index is 3.04. The Bertz CT molecular complexity index is 189. The maximum Gasteiger partial charge on any atom is 0.0438 e. The summed E-state index contributed by atoms with van der Waals surface area (Å²) in [6.07, 6.45) is 0. The first-order valence-electron chi connectivity index (χ1n) is 3.24. The molecule has 1 radical (unpaired) electrons. The Labute approximate surface area is 61.3 Å². The molecule has 0 saturated carbocycles. The third kappa shape index (κ3) is 1.41. The lowest BCUT2D eigenvalue weighted by Gasteiger charge is -2.01. The van der Waals surface area contributed by atoms with Crippen LogP contribution in [-0.2, 0) is 0 Å². The van der Waals surface area contributed by atoms with Crippen LogP contribution in [0.15, 0.2) is 18.2 Å². The van der Waals surface area contributed by atoms with Crippen LogP contribution in [0.1, 0.15) is 0 Å². The quantitative estimate of drug-likeness (QED) is 0.643. The summed E-state index contributed by atoms with van der Waals surface area (Å²) in [5.74, 6) is 0. The Kier molecular flexibility index (Phi) is 2.15. The van der Waals surface area contributed by atoms with Crippen LogP contribution in [-0.4, -0.2) is 14.1 Å². The van der Waals surface area contributed by atoms with Gasteiger partial charge >= 0.3 is 0 Å². The Morgan fingerprint density at radius 1 is 1.30 bits per heavy atom. The summed E-state index contributed by atoms with van der Waals surface area (Å²) in [7, 11) is 3.78. The molecule has 0 aliphatic carbocycles. The summed E-state index contributed by atoms with van der Waals surface area (Å²) in [5, 5.41) is 6.05. The van der Waals surface area contributed by atoms with Gasteiger partial charge in [0, 0.05) is 31.5 Å². The number of hydrogen-bond acceptors (Lipinski definition) is 2. The van der Waals surface area contributed by atoms with Crippen molar-refractivity contribution in [2.75, 3.05) is 24.7 Å². The van der Waals surface area contributed by atoms with Crippen molar-refractivity contribution in [3.8, 4) is 0 Å². The van der Waals surface area contributed by atoms with Crippen molar-refractivity contribution in [2.24, 2.45) is 0 Å². The molecule has 2 nitrogen and oxygen atoms in total. The average molecular weight is 135 g/mol. The van der Waals surface area contributed by atoms with Gasteiger partial charge < -0.3 is 10.6 Å². The number of hydrogen-bond donors (Lipinski definition) is 2. The van der Waals surface area contributed by atoms with Crippen molar-refractivity contribution in [1.82, 2.24) is 0 Å². The molecule has 53 valence electrons. The monoisotopic (exact) mass is 135 g/mol. The standard InChI is InChI=1S/C8H11N2/c1-9-7-4-3-5-8(6-7)10-2/h3-4,6,9-10H,1-2H3. The summed E-state index contributed by atoms with van der Waals surface area (Å²) >= 11 is 0. The van der Waals surface area contributed by atoms with Gasteiger partial charge in [-0.2, -0.15) is 0 Å². The molecule has 0 bridgehead atoms. The fourth-order valence-corrected chi connectivity index (χ4v) is 0.766. The fraction of sp³-hybridized carbons (Fsp3) is 0.250. The Balaban J connectivity index is 2.87. The highest BCUT2D eigenvalue weighted by Gasteiger charge is 1.88. The van der Waals surface area contributed by atoms with Crippen molar-refractivity contribution in [3.63, 3.8) is 0 Å². The Hall–Kier alpha value is -1.18. The molecule has 0 atom stereocenters. The minimum atomic E-state index is 1.01. The molecule has 0 aliphatic heterocycles. The van der Waals surface area contributed by atoms with Crippen LogP contribution in [0.4, 0.5) is 11.4 Å². The summed E-state index contributed by atoms with van der Waals surface area (Å²) in [4.78, 5) is 0. The molecule has 0 amide bonds. The van der Waals surface area contributed by atoms with Gasteiger partial charge in [-0.3, -0.25) is 0 Å². The van der Waals surface area contributed by atoms with Gasteiger partial charge in [0.05, 0.1) is 0 Å². The van der Waals surface area contributed by atoms with Crippen molar-refractivity contribution in [2.45, 2.75) is 0 Å². The summed E-state index contributed by atoms with van der Waals surface area (Å²) in [5.41, 5.74) is 2.11. The van der Waals surface area contributed by atoms with Gasteiger partial charge in [-0.1, -0.05) is 6.07 Å². The molecule has 2 N–H and O–H groups in total. The lowest BCUT2D eigenvalue weighted by molar-refractivity contribution is 1.46. The predicted molar refractivity (Wildman–Crippen MR) is 44.4 cm³/mol. The maximum absolute atomic E-state index is 3.04. The first kappa shape index (κ1) is 6.93. The van der Waals surface area contributed by atoms with Gasteiger partial charge in [0.15, 0.2) is 0 Å². The van der Waals surface area contributed by atoms with E-state index in [0.717, 1.165) is 11.4 Å². The minimum absolute atomic E-state index is 1.01. The van der Waals surface area contributed by atoms with Crippen LogP contribution in [0.5, 0.6) is 0 Å². The second kappa shape index (κ2) is 3.11.